The maximum absolute atomic E-state index is 10.3. The van der Waals surface area contributed by atoms with Crippen molar-refractivity contribution in [1.29, 1.82) is 0 Å². The fourth-order valence-electron chi connectivity index (χ4n) is 4.16. The molecule has 1 aliphatic rings. The van der Waals surface area contributed by atoms with Crippen molar-refractivity contribution in [1.82, 2.24) is 19.6 Å². The molecular formula is C22H22N4O2. The van der Waals surface area contributed by atoms with Crippen LogP contribution in [0.2, 0.25) is 0 Å². The van der Waals surface area contributed by atoms with E-state index in [9.17, 15) is 5.11 Å². The average Bonchev–Trinajstić information content (AvgIpc) is 3.41. The molecule has 2 atom stereocenters. The first-order valence-electron chi connectivity index (χ1n) is 9.53. The highest BCUT2D eigenvalue weighted by Gasteiger charge is 2.36. The highest BCUT2D eigenvalue weighted by molar-refractivity contribution is 5.83. The van der Waals surface area contributed by atoms with Crippen molar-refractivity contribution in [2.45, 2.75) is 25.1 Å². The van der Waals surface area contributed by atoms with E-state index in [-0.39, 0.29) is 6.04 Å². The quantitative estimate of drug-likeness (QED) is 0.592. The summed E-state index contributed by atoms with van der Waals surface area (Å²) >= 11 is 0. The number of likely N-dealkylation sites (tertiary alicyclic amines) is 1. The van der Waals surface area contributed by atoms with Crippen LogP contribution in [-0.2, 0) is 13.6 Å². The number of β-amino-alcohol motifs (C(OH)–C–C–N with tert-alkyl or cyclic N) is 1. The van der Waals surface area contributed by atoms with Crippen LogP contribution in [0.25, 0.3) is 22.3 Å². The number of aromatic nitrogens is 3. The number of rotatable bonds is 4. The molecule has 1 fully saturated rings. The zero-order valence-electron chi connectivity index (χ0n) is 15.7. The number of fused-ring (bicyclic) bond motifs is 1. The number of hydrogen-bond acceptors (Lipinski definition) is 5. The van der Waals surface area contributed by atoms with Crippen molar-refractivity contribution < 1.29 is 9.63 Å². The molecule has 1 aliphatic heterocycles. The van der Waals surface area contributed by atoms with Crippen LogP contribution in [0.5, 0.6) is 0 Å². The molecule has 142 valence electrons. The molecule has 0 bridgehead atoms. The Morgan fingerprint density at radius 1 is 1.11 bits per heavy atom. The summed E-state index contributed by atoms with van der Waals surface area (Å²) in [6.45, 7) is 1.32. The van der Waals surface area contributed by atoms with Crippen LogP contribution in [0.15, 0.2) is 65.3 Å². The van der Waals surface area contributed by atoms with Gasteiger partial charge in [-0.1, -0.05) is 53.7 Å². The van der Waals surface area contributed by atoms with Crippen LogP contribution in [0.4, 0.5) is 0 Å². The second-order valence-electron chi connectivity index (χ2n) is 7.44. The van der Waals surface area contributed by atoms with Crippen LogP contribution < -0.4 is 0 Å². The van der Waals surface area contributed by atoms with E-state index in [1.54, 1.807) is 0 Å². The van der Waals surface area contributed by atoms with Crippen LogP contribution >= 0.6 is 0 Å². The van der Waals surface area contributed by atoms with Crippen molar-refractivity contribution in [3.63, 3.8) is 0 Å². The molecular weight excluding hydrogens is 352 g/mol. The predicted molar refractivity (Wildman–Crippen MR) is 106 cm³/mol. The van der Waals surface area contributed by atoms with E-state index in [1.807, 2.05) is 30.3 Å². The van der Waals surface area contributed by atoms with E-state index >= 15 is 0 Å². The van der Waals surface area contributed by atoms with Crippen LogP contribution in [0.1, 0.15) is 23.9 Å². The summed E-state index contributed by atoms with van der Waals surface area (Å²) in [6.07, 6.45) is 2.36. The summed E-state index contributed by atoms with van der Waals surface area (Å²) < 4.78 is 7.74. The van der Waals surface area contributed by atoms with E-state index in [0.717, 1.165) is 12.1 Å². The number of aryl methyl sites for hydroxylation is 1. The van der Waals surface area contributed by atoms with E-state index in [0.29, 0.717) is 24.7 Å². The van der Waals surface area contributed by atoms with Gasteiger partial charge >= 0.3 is 0 Å². The molecule has 1 saturated heterocycles. The molecule has 0 saturated carbocycles. The van der Waals surface area contributed by atoms with Crippen molar-refractivity contribution in [3.8, 4) is 11.4 Å². The minimum Gasteiger partial charge on any atom is -0.392 e. The average molecular weight is 374 g/mol. The summed E-state index contributed by atoms with van der Waals surface area (Å²) in [5.74, 6) is 1.15. The monoisotopic (exact) mass is 374 g/mol. The van der Waals surface area contributed by atoms with Gasteiger partial charge in [-0.15, -0.1) is 0 Å². The van der Waals surface area contributed by atoms with Crippen molar-refractivity contribution in [2.24, 2.45) is 7.05 Å². The van der Waals surface area contributed by atoms with Gasteiger partial charge in [0.15, 0.2) is 0 Å². The number of aliphatic hydroxyl groups excluding tert-OH is 1. The first-order valence-corrected chi connectivity index (χ1v) is 9.53. The Labute approximate surface area is 163 Å². The molecule has 2 aromatic carbocycles. The number of para-hydroxylation sites is 1. The lowest BCUT2D eigenvalue weighted by atomic mass is 10.1. The van der Waals surface area contributed by atoms with Crippen molar-refractivity contribution in [3.05, 3.63) is 72.2 Å². The van der Waals surface area contributed by atoms with Crippen molar-refractivity contribution >= 4 is 10.9 Å². The molecule has 2 unspecified atom stereocenters. The molecule has 4 aromatic rings. The minimum absolute atomic E-state index is 0.0843. The van der Waals surface area contributed by atoms with Gasteiger partial charge in [0.25, 0.3) is 0 Å². The van der Waals surface area contributed by atoms with Crippen LogP contribution in [0.3, 0.4) is 0 Å². The Hall–Kier alpha value is -2.96. The van der Waals surface area contributed by atoms with Crippen molar-refractivity contribution in [2.75, 3.05) is 6.54 Å². The molecule has 0 amide bonds. The molecule has 1 N–H and O–H groups in total. The van der Waals surface area contributed by atoms with E-state index in [2.05, 4.69) is 57.1 Å². The number of benzene rings is 2. The van der Waals surface area contributed by atoms with Gasteiger partial charge in [0.05, 0.1) is 12.1 Å². The lowest BCUT2D eigenvalue weighted by Crippen LogP contribution is -2.24. The first kappa shape index (κ1) is 17.2. The Morgan fingerprint density at radius 2 is 1.89 bits per heavy atom. The highest BCUT2D eigenvalue weighted by atomic mass is 16.5. The fraction of sp³-hybridized carbons (Fsp3) is 0.273. The Balaban J connectivity index is 1.44. The Morgan fingerprint density at radius 3 is 2.75 bits per heavy atom. The van der Waals surface area contributed by atoms with E-state index in [4.69, 9.17) is 4.52 Å². The Kier molecular flexibility index (Phi) is 4.22. The SMILES string of the molecule is Cn1cc(CN2CC(O)CC2c2nc(-c3ccccc3)no2)c2ccccc21. The standard InChI is InChI=1S/C22H22N4O2/c1-25-12-16(18-9-5-6-10-19(18)25)13-26-14-17(27)11-20(26)22-23-21(24-28-22)15-7-3-2-4-8-15/h2-10,12,17,20,27H,11,13-14H2,1H3. The second-order valence-corrected chi connectivity index (χ2v) is 7.44. The Bertz CT molecular complexity index is 1100. The van der Waals surface area contributed by atoms with E-state index < -0.39 is 6.10 Å². The molecule has 28 heavy (non-hydrogen) atoms. The van der Waals surface area contributed by atoms with Gasteiger partial charge in [0.1, 0.15) is 0 Å². The summed E-state index contributed by atoms with van der Waals surface area (Å²) in [7, 11) is 2.06. The van der Waals surface area contributed by atoms with Gasteiger partial charge < -0.3 is 14.2 Å². The molecule has 6 nitrogen and oxygen atoms in total. The molecule has 3 heterocycles. The van der Waals surface area contributed by atoms with Gasteiger partial charge in [-0.05, 0) is 18.1 Å². The summed E-state index contributed by atoms with van der Waals surface area (Å²) in [4.78, 5) is 6.85. The lowest BCUT2D eigenvalue weighted by molar-refractivity contribution is 0.169. The van der Waals surface area contributed by atoms with Gasteiger partial charge in [-0.2, -0.15) is 4.98 Å². The summed E-state index contributed by atoms with van der Waals surface area (Å²) in [6, 6.07) is 18.1. The molecule has 2 aromatic heterocycles. The van der Waals surface area contributed by atoms with Crippen LogP contribution in [0, 0.1) is 0 Å². The topological polar surface area (TPSA) is 67.3 Å². The zero-order chi connectivity index (χ0) is 19.1. The minimum atomic E-state index is -0.396. The normalized spacial score (nSPS) is 20.2. The third-order valence-electron chi connectivity index (χ3n) is 5.49. The molecule has 0 aliphatic carbocycles. The molecule has 0 radical (unpaired) electrons. The molecule has 0 spiro atoms. The largest absolute Gasteiger partial charge is 0.392 e. The number of hydrogen-bond donors (Lipinski definition) is 1. The van der Waals surface area contributed by atoms with E-state index in [1.165, 1.54) is 16.5 Å². The number of aliphatic hydroxyl groups is 1. The lowest BCUT2D eigenvalue weighted by Gasteiger charge is -2.20. The fourth-order valence-corrected chi connectivity index (χ4v) is 4.16. The highest BCUT2D eigenvalue weighted by Crippen LogP contribution is 2.34. The van der Waals surface area contributed by atoms with Gasteiger partial charge in [0, 0.05) is 42.8 Å². The van der Waals surface area contributed by atoms with Gasteiger partial charge in [0.2, 0.25) is 11.7 Å². The maximum Gasteiger partial charge on any atom is 0.244 e. The summed E-state index contributed by atoms with van der Waals surface area (Å²) in [5.41, 5.74) is 3.37. The van der Waals surface area contributed by atoms with Crippen LogP contribution in [-0.4, -0.2) is 37.4 Å². The second kappa shape index (κ2) is 6.89. The predicted octanol–water partition coefficient (Wildman–Crippen LogP) is 3.54. The molecule has 6 heteroatoms. The third kappa shape index (κ3) is 3.00. The molecule has 5 rings (SSSR count). The first-order chi connectivity index (χ1) is 13.7. The van der Waals surface area contributed by atoms with Gasteiger partial charge in [-0.25, -0.2) is 0 Å². The summed E-state index contributed by atoms with van der Waals surface area (Å²) in [5, 5.41) is 15.7. The number of nitrogens with zero attached hydrogens (tertiary/aromatic N) is 4. The third-order valence-corrected chi connectivity index (χ3v) is 5.49. The zero-order valence-corrected chi connectivity index (χ0v) is 15.7. The maximum atomic E-state index is 10.3. The smallest absolute Gasteiger partial charge is 0.244 e. The van der Waals surface area contributed by atoms with Gasteiger partial charge in [-0.3, -0.25) is 4.90 Å².